The van der Waals surface area contributed by atoms with Crippen molar-refractivity contribution in [2.45, 2.75) is 194 Å². The number of Topliss-reactive ketones (excluding diaryl/α,β-unsaturated/α-hetero) is 2. The van der Waals surface area contributed by atoms with Crippen molar-refractivity contribution in [1.29, 1.82) is 0 Å². The van der Waals surface area contributed by atoms with Crippen molar-refractivity contribution in [3.8, 4) is 0 Å². The van der Waals surface area contributed by atoms with E-state index in [9.17, 15) is 19.8 Å². The van der Waals surface area contributed by atoms with E-state index < -0.39 is 17.6 Å². The molecule has 0 amide bonds. The van der Waals surface area contributed by atoms with Crippen LogP contribution in [0.5, 0.6) is 0 Å². The minimum absolute atomic E-state index is 0.0720. The second-order valence-electron chi connectivity index (χ2n) is 23.7. The van der Waals surface area contributed by atoms with Gasteiger partial charge in [0.05, 0.1) is 28.8 Å². The molecule has 7 aliphatic rings. The quantitative estimate of drug-likeness (QED) is 0.176. The Kier molecular flexibility index (Phi) is 10.4. The van der Waals surface area contributed by atoms with Gasteiger partial charge >= 0.3 is 0 Å². The number of nitrogens with one attached hydrogen (secondary N) is 1. The minimum Gasteiger partial charge on any atom is -0.392 e. The Morgan fingerprint density at radius 2 is 1.65 bits per heavy atom. The normalized spacial score (nSPS) is 38.3. The number of fused-ring (bicyclic) bond motifs is 6. The second kappa shape index (κ2) is 15.0. The van der Waals surface area contributed by atoms with E-state index in [-0.39, 0.29) is 57.4 Å². The topological polar surface area (TPSA) is 108 Å². The first-order valence-corrected chi connectivity index (χ1v) is 25.0. The van der Waals surface area contributed by atoms with Gasteiger partial charge in [-0.15, -0.1) is 0 Å². The van der Waals surface area contributed by atoms with Crippen LogP contribution in [0.2, 0.25) is 0 Å². The van der Waals surface area contributed by atoms with E-state index >= 15 is 0 Å². The lowest BCUT2D eigenvalue weighted by Gasteiger charge is -2.70. The van der Waals surface area contributed by atoms with Crippen LogP contribution < -0.4 is 0 Å². The fourth-order valence-corrected chi connectivity index (χ4v) is 16.7. The van der Waals surface area contributed by atoms with E-state index in [2.05, 4.69) is 87.8 Å². The molecule has 10 rings (SSSR count). The number of carbonyl (C=O) groups is 2. The van der Waals surface area contributed by atoms with Crippen molar-refractivity contribution < 1.29 is 24.5 Å². The molecule has 0 unspecified atom stereocenters. The number of hydrogen-bond donors (Lipinski definition) is 3. The number of rotatable bonds is 10. The summed E-state index contributed by atoms with van der Waals surface area (Å²) in [7, 11) is 0. The van der Waals surface area contributed by atoms with Gasteiger partial charge in [0.2, 0.25) is 0 Å². The maximum absolute atomic E-state index is 14.9. The van der Waals surface area contributed by atoms with Crippen molar-refractivity contribution in [3.63, 3.8) is 0 Å². The molecular formula is C55H76N2O5. The number of nitrogens with zero attached hydrogens (tertiary/aromatic N) is 1. The lowest BCUT2D eigenvalue weighted by Crippen LogP contribution is -2.68. The molecule has 2 aromatic heterocycles. The lowest BCUT2D eigenvalue weighted by atomic mass is 9.34. The number of aromatic amines is 1. The fourth-order valence-electron chi connectivity index (χ4n) is 16.7. The molecule has 336 valence electrons. The van der Waals surface area contributed by atoms with Crippen molar-refractivity contribution >= 4 is 22.6 Å². The Morgan fingerprint density at radius 1 is 0.935 bits per heavy atom. The van der Waals surface area contributed by atoms with Crippen molar-refractivity contribution in [2.24, 2.45) is 51.2 Å². The number of aliphatic hydroxyl groups excluding tert-OH is 2. The number of ether oxygens (including phenoxy) is 1. The zero-order valence-electron chi connectivity index (χ0n) is 39.2. The molecule has 3 N–H and O–H groups in total. The molecule has 1 aromatic carbocycles. The summed E-state index contributed by atoms with van der Waals surface area (Å²) < 4.78 is 8.30. The van der Waals surface area contributed by atoms with Crippen LogP contribution in [0.25, 0.3) is 11.0 Å². The van der Waals surface area contributed by atoms with Crippen molar-refractivity contribution in [2.75, 3.05) is 0 Å². The first-order valence-electron chi connectivity index (χ1n) is 25.0. The first kappa shape index (κ1) is 42.9. The molecule has 0 bridgehead atoms. The summed E-state index contributed by atoms with van der Waals surface area (Å²) in [5.74, 6) is 1.35. The van der Waals surface area contributed by atoms with Gasteiger partial charge < -0.3 is 24.5 Å². The maximum Gasteiger partial charge on any atom is 0.160 e. The van der Waals surface area contributed by atoms with Gasteiger partial charge in [-0.1, -0.05) is 90.5 Å². The van der Waals surface area contributed by atoms with E-state index in [1.807, 2.05) is 13.8 Å². The highest BCUT2D eigenvalue weighted by molar-refractivity contribution is 6.01. The molecule has 3 heterocycles. The maximum atomic E-state index is 14.9. The smallest absolute Gasteiger partial charge is 0.160 e. The van der Waals surface area contributed by atoms with Crippen LogP contribution in [-0.2, 0) is 27.3 Å². The van der Waals surface area contributed by atoms with Crippen LogP contribution >= 0.6 is 0 Å². The summed E-state index contributed by atoms with van der Waals surface area (Å²) in [4.78, 5) is 32.9. The zero-order valence-corrected chi connectivity index (χ0v) is 39.2. The zero-order chi connectivity index (χ0) is 43.7. The average molecular weight is 845 g/mol. The van der Waals surface area contributed by atoms with Crippen LogP contribution in [0.1, 0.15) is 173 Å². The van der Waals surface area contributed by atoms with Gasteiger partial charge in [0, 0.05) is 54.9 Å². The number of aryl methyl sites for hydroxylation is 1. The number of ketones is 2. The van der Waals surface area contributed by atoms with Crippen LogP contribution in [0, 0.1) is 58.2 Å². The Labute approximate surface area is 371 Å². The molecule has 7 nitrogen and oxygen atoms in total. The Morgan fingerprint density at radius 3 is 2.35 bits per heavy atom. The monoisotopic (exact) mass is 845 g/mol. The minimum atomic E-state index is -0.699. The number of allylic oxidation sites excluding steroid dienone is 1. The summed E-state index contributed by atoms with van der Waals surface area (Å²) in [6, 6.07) is 9.41. The van der Waals surface area contributed by atoms with Gasteiger partial charge in [-0.2, -0.15) is 0 Å². The molecule has 6 fully saturated rings. The Balaban J connectivity index is 1.07. The molecule has 11 atom stereocenters. The van der Waals surface area contributed by atoms with Crippen LogP contribution in [-0.4, -0.2) is 55.2 Å². The van der Waals surface area contributed by atoms with Gasteiger partial charge in [0.15, 0.2) is 5.78 Å². The van der Waals surface area contributed by atoms with Crippen molar-refractivity contribution in [3.05, 3.63) is 70.1 Å². The highest BCUT2D eigenvalue weighted by Gasteiger charge is 2.73. The molecule has 6 aliphatic carbocycles. The van der Waals surface area contributed by atoms with Gasteiger partial charge in [0.1, 0.15) is 11.9 Å². The van der Waals surface area contributed by atoms with E-state index in [0.29, 0.717) is 43.4 Å². The molecular weight excluding hydrogens is 769 g/mol. The lowest BCUT2D eigenvalue weighted by molar-refractivity contribution is -0.226. The molecule has 7 heteroatoms. The molecule has 1 aliphatic heterocycles. The molecule has 62 heavy (non-hydrogen) atoms. The number of H-pyrrole nitrogens is 1. The number of epoxide rings is 1. The van der Waals surface area contributed by atoms with Crippen molar-refractivity contribution in [1.82, 2.24) is 9.55 Å². The largest absolute Gasteiger partial charge is 0.392 e. The fraction of sp³-hybridized carbons (Fsp3) is 0.709. The van der Waals surface area contributed by atoms with E-state index in [4.69, 9.17) is 4.74 Å². The summed E-state index contributed by atoms with van der Waals surface area (Å²) >= 11 is 0. The summed E-state index contributed by atoms with van der Waals surface area (Å²) in [6.45, 7) is 18.5. The first-order chi connectivity index (χ1) is 29.4. The van der Waals surface area contributed by atoms with Crippen LogP contribution in [0.15, 0.2) is 47.8 Å². The average Bonchev–Trinajstić information content (AvgIpc) is 3.80. The predicted molar refractivity (Wildman–Crippen MR) is 246 cm³/mol. The van der Waals surface area contributed by atoms with Gasteiger partial charge in [0.25, 0.3) is 0 Å². The number of benzene rings is 1. The second-order valence-corrected chi connectivity index (χ2v) is 23.7. The van der Waals surface area contributed by atoms with Gasteiger partial charge in [-0.25, -0.2) is 0 Å². The number of aromatic nitrogens is 2. The third kappa shape index (κ3) is 6.41. The number of carbonyl (C=O) groups excluding carboxylic acids is 2. The third-order valence-corrected chi connectivity index (χ3v) is 19.8. The summed E-state index contributed by atoms with van der Waals surface area (Å²) in [5, 5.41) is 25.1. The summed E-state index contributed by atoms with van der Waals surface area (Å²) in [6.07, 6.45) is 18.9. The molecule has 3 aromatic rings. The van der Waals surface area contributed by atoms with Crippen LogP contribution in [0.4, 0.5) is 0 Å². The SMILES string of the molecule is Cc1cc(Cc2cn(C[C@@H]3C4=C([C@H](C)C[C@@H](O)[C@H]5OC5(C)C)C(=O)C[C@]4(C)[C@@]4(C)CC[C@@H]5[C@@](C)(CCC(=O)[C@@]5(C)C5CCCC5)[C@H]4[C@@H]3O)c3cc[nH]c23)cc(C2CCCCC2)c1. The molecule has 0 spiro atoms. The third-order valence-electron chi connectivity index (χ3n) is 19.8. The highest BCUT2D eigenvalue weighted by Crippen LogP contribution is 2.76. The van der Waals surface area contributed by atoms with E-state index in [1.54, 1.807) is 0 Å². The Bertz CT molecular complexity index is 2290. The van der Waals surface area contributed by atoms with Gasteiger partial charge in [-0.3, -0.25) is 9.59 Å². The standard InChI is InChI=1S/C55H76N2O5/c1-32-24-34(27-36(25-32)35-14-10-9-11-15-35)28-37-30-57(40-20-23-56-47(37)40)31-39-46-45(33(2)26-41(58)50-51(3,4)62-50)42(59)29-54(46,7)53(6)22-18-43-52(5,49(53)48(39)61)21-19-44(60)55(43,8)38-16-12-13-17-38/h20,23-25,27,30,33,35,38-39,41,43,48-50,56,58,61H,9-19,21-22,26,28-29,31H2,1-8H3/t33-,39-,41-,43-,48-,49-,50-,52-,53+,54+,55+/m1/s1. The molecule has 0 radical (unpaired) electrons. The summed E-state index contributed by atoms with van der Waals surface area (Å²) in [5.41, 5.74) is 7.90. The van der Waals surface area contributed by atoms with E-state index in [1.165, 1.54) is 67.2 Å². The molecule has 5 saturated carbocycles. The Hall–Kier alpha value is -3.00. The van der Waals surface area contributed by atoms with Crippen LogP contribution in [0.3, 0.4) is 0 Å². The molecule has 1 saturated heterocycles. The number of aliphatic hydroxyl groups is 2. The van der Waals surface area contributed by atoms with Gasteiger partial charge in [-0.05, 0) is 146 Å². The predicted octanol–water partition coefficient (Wildman–Crippen LogP) is 11.3. The highest BCUT2D eigenvalue weighted by atomic mass is 16.6. The number of hydrogen-bond acceptors (Lipinski definition) is 5. The van der Waals surface area contributed by atoms with E-state index in [0.717, 1.165) is 60.7 Å².